The van der Waals surface area contributed by atoms with Gasteiger partial charge in [-0.3, -0.25) is 0 Å². The summed E-state index contributed by atoms with van der Waals surface area (Å²) in [6.07, 6.45) is 0. The Morgan fingerprint density at radius 3 is 1.85 bits per heavy atom. The monoisotopic (exact) mass is 424 g/mol. The molecule has 0 aliphatic carbocycles. The number of nitrogens with zero attached hydrogens (tertiary/aromatic N) is 1. The maximum absolute atomic E-state index is 6.33. The van der Waals surface area contributed by atoms with Crippen LogP contribution in [0.5, 0.6) is 11.5 Å². The quantitative estimate of drug-likeness (QED) is 0.304. The molecule has 0 unspecified atom stereocenters. The molecule has 3 nitrogen and oxygen atoms in total. The first-order valence-electron chi connectivity index (χ1n) is 11.1. The van der Waals surface area contributed by atoms with Crippen molar-refractivity contribution in [3.63, 3.8) is 0 Å². The Morgan fingerprint density at radius 1 is 0.515 bits per heavy atom. The lowest BCUT2D eigenvalue weighted by Gasteiger charge is -2.10. The summed E-state index contributed by atoms with van der Waals surface area (Å²) >= 11 is 0. The Labute approximate surface area is 190 Å². The van der Waals surface area contributed by atoms with Crippen molar-refractivity contribution in [2.75, 3.05) is 0 Å². The Bertz CT molecular complexity index is 1730. The van der Waals surface area contributed by atoms with Crippen LogP contribution in [-0.4, -0.2) is 9.55 Å². The van der Waals surface area contributed by atoms with Crippen molar-refractivity contribution < 1.29 is 4.74 Å². The van der Waals surface area contributed by atoms with Crippen LogP contribution in [0.25, 0.3) is 49.3 Å². The summed E-state index contributed by atoms with van der Waals surface area (Å²) < 4.78 is 8.64. The van der Waals surface area contributed by atoms with E-state index in [9.17, 15) is 0 Å². The Kier molecular flexibility index (Phi) is 3.84. The molecule has 2 aromatic heterocycles. The number of ether oxygens (including phenoxy) is 1. The summed E-state index contributed by atoms with van der Waals surface area (Å²) in [5, 5.41) is 4.91. The molecule has 0 fully saturated rings. The van der Waals surface area contributed by atoms with Gasteiger partial charge in [0, 0.05) is 32.7 Å². The summed E-state index contributed by atoms with van der Waals surface area (Å²) in [5.41, 5.74) is 5.66. The van der Waals surface area contributed by atoms with E-state index in [1.807, 2.05) is 30.3 Å². The van der Waals surface area contributed by atoms with E-state index in [1.54, 1.807) is 0 Å². The molecule has 7 rings (SSSR count). The van der Waals surface area contributed by atoms with Gasteiger partial charge in [-0.25, -0.2) is 0 Å². The Hall–Kier alpha value is -4.50. The van der Waals surface area contributed by atoms with Crippen LogP contribution in [0.15, 0.2) is 115 Å². The molecule has 0 saturated carbocycles. The van der Waals surface area contributed by atoms with Gasteiger partial charge >= 0.3 is 0 Å². The minimum absolute atomic E-state index is 0.811. The second-order valence-electron chi connectivity index (χ2n) is 8.31. The van der Waals surface area contributed by atoms with Gasteiger partial charge in [0.2, 0.25) is 0 Å². The van der Waals surface area contributed by atoms with Gasteiger partial charge in [-0.05, 0) is 48.5 Å². The van der Waals surface area contributed by atoms with Crippen molar-refractivity contribution in [3.8, 4) is 17.2 Å². The highest BCUT2D eigenvalue weighted by molar-refractivity contribution is 6.10. The molecule has 5 aromatic carbocycles. The summed E-state index contributed by atoms with van der Waals surface area (Å²) in [6, 6.07) is 40.0. The third-order valence-electron chi connectivity index (χ3n) is 6.41. The highest BCUT2D eigenvalue weighted by Crippen LogP contribution is 2.35. The van der Waals surface area contributed by atoms with E-state index >= 15 is 0 Å². The largest absolute Gasteiger partial charge is 0.455 e. The molecule has 0 aliphatic rings. The maximum atomic E-state index is 6.33. The van der Waals surface area contributed by atoms with E-state index in [4.69, 9.17) is 4.74 Å². The Morgan fingerprint density at radius 2 is 1.12 bits per heavy atom. The van der Waals surface area contributed by atoms with E-state index in [1.165, 1.54) is 32.6 Å². The maximum Gasteiger partial charge on any atom is 0.151 e. The van der Waals surface area contributed by atoms with Crippen LogP contribution < -0.4 is 4.74 Å². The average molecular weight is 425 g/mol. The number of hydrogen-bond acceptors (Lipinski definition) is 1. The minimum atomic E-state index is 0.811. The lowest BCUT2D eigenvalue weighted by molar-refractivity contribution is 0.487. The third kappa shape index (κ3) is 2.76. The molecule has 0 saturated heterocycles. The van der Waals surface area contributed by atoms with E-state index in [0.717, 1.165) is 28.2 Å². The number of benzene rings is 5. The van der Waals surface area contributed by atoms with Crippen LogP contribution in [0.4, 0.5) is 0 Å². The molecule has 0 bridgehead atoms. The highest BCUT2D eigenvalue weighted by Gasteiger charge is 2.12. The first kappa shape index (κ1) is 18.1. The summed E-state index contributed by atoms with van der Waals surface area (Å²) in [6.45, 7) is 0. The molecule has 33 heavy (non-hydrogen) atoms. The first-order chi connectivity index (χ1) is 16.4. The van der Waals surface area contributed by atoms with E-state index in [0.29, 0.717) is 0 Å². The van der Waals surface area contributed by atoms with Gasteiger partial charge in [0.25, 0.3) is 0 Å². The van der Waals surface area contributed by atoms with Gasteiger partial charge < -0.3 is 14.3 Å². The molecule has 0 amide bonds. The minimum Gasteiger partial charge on any atom is -0.455 e. The molecule has 2 heterocycles. The van der Waals surface area contributed by atoms with Crippen molar-refractivity contribution in [1.82, 2.24) is 9.55 Å². The molecule has 0 atom stereocenters. The summed E-state index contributed by atoms with van der Waals surface area (Å²) in [4.78, 5) is 3.51. The number of rotatable bonds is 3. The van der Waals surface area contributed by atoms with Gasteiger partial charge in [-0.1, -0.05) is 66.7 Å². The summed E-state index contributed by atoms with van der Waals surface area (Å²) in [7, 11) is 0. The van der Waals surface area contributed by atoms with Gasteiger partial charge in [0.1, 0.15) is 5.75 Å². The number of para-hydroxylation sites is 4. The second kappa shape index (κ2) is 7.01. The normalized spacial score (nSPS) is 11.6. The average Bonchev–Trinajstić information content (AvgIpc) is 3.42. The number of H-pyrrole nitrogens is 1. The molecular weight excluding hydrogens is 404 g/mol. The second-order valence-corrected chi connectivity index (χ2v) is 8.31. The fourth-order valence-electron chi connectivity index (χ4n) is 4.92. The highest BCUT2D eigenvalue weighted by atomic mass is 16.5. The fraction of sp³-hybridized carbons (Fsp3) is 0. The fourth-order valence-corrected chi connectivity index (χ4v) is 4.92. The molecule has 0 spiro atoms. The zero-order chi connectivity index (χ0) is 21.8. The first-order valence-corrected chi connectivity index (χ1v) is 11.1. The molecule has 7 aromatic rings. The topological polar surface area (TPSA) is 29.9 Å². The predicted octanol–water partition coefficient (Wildman–Crippen LogP) is 8.21. The van der Waals surface area contributed by atoms with Crippen molar-refractivity contribution >= 4 is 43.6 Å². The number of aromatic amines is 1. The lowest BCUT2D eigenvalue weighted by Crippen LogP contribution is -1.94. The molecule has 3 heteroatoms. The van der Waals surface area contributed by atoms with E-state index in [-0.39, 0.29) is 0 Å². The van der Waals surface area contributed by atoms with Crippen molar-refractivity contribution in [3.05, 3.63) is 115 Å². The molecule has 156 valence electrons. The predicted molar refractivity (Wildman–Crippen MR) is 137 cm³/mol. The molecule has 1 N–H and O–H groups in total. The number of aromatic nitrogens is 2. The summed E-state index contributed by atoms with van der Waals surface area (Å²) in [5.74, 6) is 1.64. The van der Waals surface area contributed by atoms with E-state index in [2.05, 4.69) is 94.5 Å². The SMILES string of the molecule is c1ccc2c(c1)[nH]c1c(Oc3ccc(-n4c5ccccc5c5ccccc54)cc3)cccc12. The van der Waals surface area contributed by atoms with Crippen LogP contribution in [0.2, 0.25) is 0 Å². The standard InChI is InChI=1S/C30H20N2O/c1-4-12-26-22(8-1)25-11-7-15-29(30(25)31-26)33-21-18-16-20(17-19-21)32-27-13-5-2-9-23(27)24-10-3-6-14-28(24)32/h1-19,31H. The van der Waals surface area contributed by atoms with Crippen LogP contribution in [0.3, 0.4) is 0 Å². The van der Waals surface area contributed by atoms with Crippen molar-refractivity contribution in [1.29, 1.82) is 0 Å². The van der Waals surface area contributed by atoms with Gasteiger partial charge in [0.05, 0.1) is 16.6 Å². The third-order valence-corrected chi connectivity index (χ3v) is 6.41. The number of fused-ring (bicyclic) bond motifs is 6. The van der Waals surface area contributed by atoms with E-state index < -0.39 is 0 Å². The molecular formula is C30H20N2O. The van der Waals surface area contributed by atoms with Crippen molar-refractivity contribution in [2.24, 2.45) is 0 Å². The van der Waals surface area contributed by atoms with Gasteiger partial charge in [-0.2, -0.15) is 0 Å². The van der Waals surface area contributed by atoms with Gasteiger partial charge in [-0.15, -0.1) is 0 Å². The number of nitrogens with one attached hydrogen (secondary N) is 1. The van der Waals surface area contributed by atoms with Crippen LogP contribution >= 0.6 is 0 Å². The zero-order valence-corrected chi connectivity index (χ0v) is 17.8. The zero-order valence-electron chi connectivity index (χ0n) is 17.8. The number of hydrogen-bond donors (Lipinski definition) is 1. The van der Waals surface area contributed by atoms with Crippen LogP contribution in [0, 0.1) is 0 Å². The lowest BCUT2D eigenvalue weighted by atomic mass is 10.1. The molecule has 0 aliphatic heterocycles. The Balaban J connectivity index is 1.31. The van der Waals surface area contributed by atoms with Crippen molar-refractivity contribution in [2.45, 2.75) is 0 Å². The molecule has 0 radical (unpaired) electrons. The van der Waals surface area contributed by atoms with Gasteiger partial charge in [0.15, 0.2) is 5.75 Å². The smallest absolute Gasteiger partial charge is 0.151 e. The van der Waals surface area contributed by atoms with Crippen LogP contribution in [-0.2, 0) is 0 Å². The van der Waals surface area contributed by atoms with Crippen LogP contribution in [0.1, 0.15) is 0 Å².